The van der Waals surface area contributed by atoms with Gasteiger partial charge < -0.3 is 15.5 Å². The Hall–Kier alpha value is -2.70. The molecular weight excluding hydrogens is 340 g/mol. The fourth-order valence-corrected chi connectivity index (χ4v) is 4.02. The van der Waals surface area contributed by atoms with Gasteiger partial charge in [0.15, 0.2) is 0 Å². The first-order valence-corrected chi connectivity index (χ1v) is 9.79. The zero-order valence-electron chi connectivity index (χ0n) is 15.5. The molecule has 0 aromatic carbocycles. The van der Waals surface area contributed by atoms with Gasteiger partial charge in [0, 0.05) is 55.7 Å². The summed E-state index contributed by atoms with van der Waals surface area (Å²) in [4.78, 5) is 29.8. The summed E-state index contributed by atoms with van der Waals surface area (Å²) in [6.45, 7) is 3.51. The molecule has 2 aliphatic rings. The lowest BCUT2D eigenvalue weighted by molar-refractivity contribution is 0.0724. The molecule has 7 nitrogen and oxygen atoms in total. The van der Waals surface area contributed by atoms with E-state index in [-0.39, 0.29) is 5.91 Å². The van der Waals surface area contributed by atoms with Crippen LogP contribution in [0.25, 0.3) is 0 Å². The second-order valence-corrected chi connectivity index (χ2v) is 7.36. The summed E-state index contributed by atoms with van der Waals surface area (Å²) in [5, 5.41) is 0. The minimum absolute atomic E-state index is 0.129. The van der Waals surface area contributed by atoms with Crippen LogP contribution in [0.5, 0.6) is 0 Å². The molecule has 2 fully saturated rings. The fraction of sp³-hybridized carbons (Fsp3) is 0.500. The highest BCUT2D eigenvalue weighted by atomic mass is 16.2. The largest absolute Gasteiger partial charge is 0.368 e. The molecule has 0 spiro atoms. The molecule has 2 N–H and O–H groups in total. The number of piperidine rings is 2. The summed E-state index contributed by atoms with van der Waals surface area (Å²) in [6, 6.07) is 5.73. The molecule has 0 unspecified atom stereocenters. The molecule has 0 bridgehead atoms. The van der Waals surface area contributed by atoms with Crippen LogP contribution < -0.4 is 10.6 Å². The summed E-state index contributed by atoms with van der Waals surface area (Å²) in [5.74, 6) is 1.74. The van der Waals surface area contributed by atoms with Gasteiger partial charge in [-0.05, 0) is 50.3 Å². The predicted octanol–water partition coefficient (Wildman–Crippen LogP) is 2.46. The quantitative estimate of drug-likeness (QED) is 0.898. The van der Waals surface area contributed by atoms with E-state index in [1.54, 1.807) is 12.4 Å². The molecular formula is C20H26N6O. The molecule has 4 rings (SSSR count). The van der Waals surface area contributed by atoms with Gasteiger partial charge in [-0.2, -0.15) is 0 Å². The number of hydrogen-bond donors (Lipinski definition) is 1. The second kappa shape index (κ2) is 7.90. The number of anilines is 2. The maximum absolute atomic E-state index is 12.8. The van der Waals surface area contributed by atoms with Gasteiger partial charge in [-0.1, -0.05) is 0 Å². The van der Waals surface area contributed by atoms with Crippen LogP contribution >= 0.6 is 0 Å². The number of carbonyl (C=O) groups is 1. The Balaban J connectivity index is 1.42. The van der Waals surface area contributed by atoms with Crippen LogP contribution in [-0.2, 0) is 0 Å². The third-order valence-corrected chi connectivity index (χ3v) is 5.57. The monoisotopic (exact) mass is 366 g/mol. The van der Waals surface area contributed by atoms with Crippen LogP contribution in [0.1, 0.15) is 54.1 Å². The Morgan fingerprint density at radius 1 is 1.00 bits per heavy atom. The molecule has 142 valence electrons. The predicted molar refractivity (Wildman–Crippen MR) is 105 cm³/mol. The molecule has 4 heterocycles. The third kappa shape index (κ3) is 4.02. The average molecular weight is 366 g/mol. The first-order chi connectivity index (χ1) is 13.2. The first-order valence-electron chi connectivity index (χ1n) is 9.79. The number of aromatic nitrogens is 3. The van der Waals surface area contributed by atoms with Crippen LogP contribution in [0.4, 0.5) is 11.8 Å². The van der Waals surface area contributed by atoms with Crippen molar-refractivity contribution in [2.45, 2.75) is 38.0 Å². The summed E-state index contributed by atoms with van der Waals surface area (Å²) in [6.07, 6.45) is 8.88. The molecule has 0 radical (unpaired) electrons. The summed E-state index contributed by atoms with van der Waals surface area (Å²) in [7, 11) is 0. The molecule has 27 heavy (non-hydrogen) atoms. The van der Waals surface area contributed by atoms with Crippen molar-refractivity contribution >= 4 is 17.7 Å². The molecule has 2 aliphatic heterocycles. The minimum atomic E-state index is 0.129. The molecule has 0 atom stereocenters. The number of pyridine rings is 1. The fourth-order valence-electron chi connectivity index (χ4n) is 4.02. The van der Waals surface area contributed by atoms with Crippen molar-refractivity contribution in [3.8, 4) is 0 Å². The van der Waals surface area contributed by atoms with Crippen molar-refractivity contribution in [3.63, 3.8) is 0 Å². The van der Waals surface area contributed by atoms with Gasteiger partial charge in [0.1, 0.15) is 5.82 Å². The van der Waals surface area contributed by atoms with Gasteiger partial charge in [0.2, 0.25) is 5.95 Å². The van der Waals surface area contributed by atoms with Gasteiger partial charge in [-0.3, -0.25) is 4.79 Å². The normalized spacial score (nSPS) is 18.5. The van der Waals surface area contributed by atoms with E-state index < -0.39 is 0 Å². The highest BCUT2D eigenvalue weighted by molar-refractivity contribution is 5.94. The van der Waals surface area contributed by atoms with Crippen LogP contribution in [0.3, 0.4) is 0 Å². The Labute approximate surface area is 159 Å². The van der Waals surface area contributed by atoms with E-state index in [4.69, 9.17) is 5.73 Å². The minimum Gasteiger partial charge on any atom is -0.368 e. The molecule has 0 aliphatic carbocycles. The van der Waals surface area contributed by atoms with Gasteiger partial charge in [0.25, 0.3) is 5.91 Å². The SMILES string of the molecule is Nc1nccc(C2CCN(c3cc(C(=O)N4CCCCC4)ccn3)CC2)n1. The standard InChI is InChI=1S/C20H26N6O/c21-20-23-9-5-17(24-20)15-6-12-25(13-7-15)18-14-16(4-8-22-18)19(27)26-10-2-1-3-11-26/h4-5,8-9,14-15H,1-3,6-7,10-13H2,(H2,21,23,24). The summed E-state index contributed by atoms with van der Waals surface area (Å²) in [5.41, 5.74) is 7.47. The molecule has 1 amide bonds. The maximum atomic E-state index is 12.8. The first kappa shape index (κ1) is 17.7. The lowest BCUT2D eigenvalue weighted by Gasteiger charge is -2.33. The smallest absolute Gasteiger partial charge is 0.254 e. The second-order valence-electron chi connectivity index (χ2n) is 7.36. The Morgan fingerprint density at radius 3 is 2.48 bits per heavy atom. The van der Waals surface area contributed by atoms with E-state index in [1.807, 2.05) is 23.1 Å². The van der Waals surface area contributed by atoms with Crippen molar-refractivity contribution in [3.05, 3.63) is 41.9 Å². The number of rotatable bonds is 3. The van der Waals surface area contributed by atoms with Crippen LogP contribution in [0.15, 0.2) is 30.6 Å². The lowest BCUT2D eigenvalue weighted by Crippen LogP contribution is -2.36. The number of nitrogens with zero attached hydrogens (tertiary/aromatic N) is 5. The zero-order valence-corrected chi connectivity index (χ0v) is 15.5. The molecule has 0 saturated carbocycles. The zero-order chi connectivity index (χ0) is 18.6. The van der Waals surface area contributed by atoms with E-state index in [0.717, 1.165) is 68.9 Å². The molecule has 2 saturated heterocycles. The highest BCUT2D eigenvalue weighted by Crippen LogP contribution is 2.29. The van der Waals surface area contributed by atoms with Crippen LogP contribution in [-0.4, -0.2) is 51.9 Å². The van der Waals surface area contributed by atoms with E-state index in [0.29, 0.717) is 11.9 Å². The molecule has 2 aromatic heterocycles. The van der Waals surface area contributed by atoms with E-state index in [2.05, 4.69) is 19.9 Å². The topological polar surface area (TPSA) is 88.2 Å². The van der Waals surface area contributed by atoms with Gasteiger partial charge in [0.05, 0.1) is 0 Å². The number of likely N-dealkylation sites (tertiary alicyclic amines) is 1. The maximum Gasteiger partial charge on any atom is 0.254 e. The third-order valence-electron chi connectivity index (χ3n) is 5.57. The average Bonchev–Trinajstić information content (AvgIpc) is 2.74. The van der Waals surface area contributed by atoms with E-state index >= 15 is 0 Å². The number of nitrogen functional groups attached to an aromatic ring is 1. The van der Waals surface area contributed by atoms with Gasteiger partial charge in [-0.15, -0.1) is 0 Å². The van der Waals surface area contributed by atoms with E-state index in [9.17, 15) is 4.79 Å². The van der Waals surface area contributed by atoms with Gasteiger partial charge >= 0.3 is 0 Å². The summed E-state index contributed by atoms with van der Waals surface area (Å²) < 4.78 is 0. The Bertz CT molecular complexity index is 797. The Morgan fingerprint density at radius 2 is 1.74 bits per heavy atom. The number of carbonyl (C=O) groups excluding carboxylic acids is 1. The summed E-state index contributed by atoms with van der Waals surface area (Å²) >= 11 is 0. The molecule has 7 heteroatoms. The Kier molecular flexibility index (Phi) is 5.18. The number of amides is 1. The number of hydrogen-bond acceptors (Lipinski definition) is 6. The van der Waals surface area contributed by atoms with Crippen molar-refractivity contribution in [2.75, 3.05) is 36.8 Å². The van der Waals surface area contributed by atoms with Crippen molar-refractivity contribution < 1.29 is 4.79 Å². The van der Waals surface area contributed by atoms with Crippen LogP contribution in [0, 0.1) is 0 Å². The van der Waals surface area contributed by atoms with E-state index in [1.165, 1.54) is 6.42 Å². The van der Waals surface area contributed by atoms with Crippen LogP contribution in [0.2, 0.25) is 0 Å². The molecule has 2 aromatic rings. The number of nitrogens with two attached hydrogens (primary N) is 1. The van der Waals surface area contributed by atoms with Crippen molar-refractivity contribution in [1.82, 2.24) is 19.9 Å². The van der Waals surface area contributed by atoms with Gasteiger partial charge in [-0.25, -0.2) is 15.0 Å². The van der Waals surface area contributed by atoms with Crippen molar-refractivity contribution in [1.29, 1.82) is 0 Å². The lowest BCUT2D eigenvalue weighted by atomic mass is 9.93. The van der Waals surface area contributed by atoms with Crippen molar-refractivity contribution in [2.24, 2.45) is 0 Å². The highest BCUT2D eigenvalue weighted by Gasteiger charge is 2.24.